The van der Waals surface area contributed by atoms with Crippen LogP contribution in [-0.4, -0.2) is 18.3 Å². The SMILES string of the molecule is CCCCOC(=O)CSc1ccc(N)cc1F. The molecular weight excluding hydrogens is 241 g/mol. The van der Waals surface area contributed by atoms with Gasteiger partial charge < -0.3 is 10.5 Å². The van der Waals surface area contributed by atoms with E-state index in [1.54, 1.807) is 12.1 Å². The van der Waals surface area contributed by atoms with Gasteiger partial charge in [-0.05, 0) is 24.6 Å². The molecule has 1 rings (SSSR count). The maximum Gasteiger partial charge on any atom is 0.316 e. The van der Waals surface area contributed by atoms with E-state index in [0.717, 1.165) is 24.6 Å². The van der Waals surface area contributed by atoms with E-state index in [0.29, 0.717) is 17.2 Å². The van der Waals surface area contributed by atoms with Gasteiger partial charge in [0.05, 0.1) is 12.4 Å². The lowest BCUT2D eigenvalue weighted by Gasteiger charge is -2.05. The predicted octanol–water partition coefficient (Wildman–Crippen LogP) is 2.84. The standard InChI is InChI=1S/C12H16FNO2S/c1-2-3-6-16-12(15)8-17-11-5-4-9(14)7-10(11)13/h4-5,7H,2-3,6,8,14H2,1H3. The van der Waals surface area contributed by atoms with Crippen LogP contribution in [0.2, 0.25) is 0 Å². The first-order valence-corrected chi connectivity index (χ1v) is 6.45. The molecule has 0 saturated heterocycles. The van der Waals surface area contributed by atoms with Gasteiger partial charge in [0.1, 0.15) is 5.82 Å². The highest BCUT2D eigenvalue weighted by molar-refractivity contribution is 8.00. The summed E-state index contributed by atoms with van der Waals surface area (Å²) in [4.78, 5) is 11.7. The smallest absolute Gasteiger partial charge is 0.316 e. The molecule has 0 aromatic heterocycles. The van der Waals surface area contributed by atoms with Gasteiger partial charge in [0.15, 0.2) is 0 Å². The minimum Gasteiger partial charge on any atom is -0.465 e. The number of ether oxygens (including phenoxy) is 1. The maximum absolute atomic E-state index is 13.4. The number of thioether (sulfide) groups is 1. The van der Waals surface area contributed by atoms with Crippen molar-refractivity contribution in [1.29, 1.82) is 0 Å². The van der Waals surface area contributed by atoms with Gasteiger partial charge in [0.25, 0.3) is 0 Å². The van der Waals surface area contributed by atoms with Crippen LogP contribution in [0.25, 0.3) is 0 Å². The maximum atomic E-state index is 13.4. The summed E-state index contributed by atoms with van der Waals surface area (Å²) in [7, 11) is 0. The lowest BCUT2D eigenvalue weighted by atomic mass is 10.3. The summed E-state index contributed by atoms with van der Waals surface area (Å²) in [6, 6.07) is 4.41. The van der Waals surface area contributed by atoms with Crippen LogP contribution in [0.1, 0.15) is 19.8 Å². The summed E-state index contributed by atoms with van der Waals surface area (Å²) in [5.74, 6) is -0.610. The number of unbranched alkanes of at least 4 members (excludes halogenated alkanes) is 1. The van der Waals surface area contributed by atoms with Crippen molar-refractivity contribution in [3.8, 4) is 0 Å². The second-order valence-electron chi connectivity index (χ2n) is 3.55. The minimum absolute atomic E-state index is 0.116. The molecule has 0 aliphatic rings. The Balaban J connectivity index is 2.37. The summed E-state index contributed by atoms with van der Waals surface area (Å²) in [6.45, 7) is 2.45. The Bertz CT molecular complexity index is 385. The lowest BCUT2D eigenvalue weighted by molar-refractivity contribution is -0.140. The van der Waals surface area contributed by atoms with E-state index in [1.165, 1.54) is 6.07 Å². The molecule has 0 aliphatic carbocycles. The predicted molar refractivity (Wildman–Crippen MR) is 67.4 cm³/mol. The molecule has 1 aromatic carbocycles. The van der Waals surface area contributed by atoms with Crippen molar-refractivity contribution in [3.63, 3.8) is 0 Å². The van der Waals surface area contributed by atoms with Gasteiger partial charge in [-0.1, -0.05) is 13.3 Å². The average Bonchev–Trinajstić information content (AvgIpc) is 2.28. The zero-order valence-corrected chi connectivity index (χ0v) is 10.6. The highest BCUT2D eigenvalue weighted by Gasteiger charge is 2.07. The Hall–Kier alpha value is -1.23. The zero-order chi connectivity index (χ0) is 12.7. The third kappa shape index (κ3) is 5.08. The molecule has 17 heavy (non-hydrogen) atoms. The van der Waals surface area contributed by atoms with Crippen LogP contribution in [-0.2, 0) is 9.53 Å². The first-order chi connectivity index (χ1) is 8.13. The van der Waals surface area contributed by atoms with Crippen LogP contribution in [0.3, 0.4) is 0 Å². The summed E-state index contributed by atoms with van der Waals surface area (Å²) in [5, 5.41) is 0. The van der Waals surface area contributed by atoms with Crippen molar-refractivity contribution in [1.82, 2.24) is 0 Å². The van der Waals surface area contributed by atoms with Crippen LogP contribution >= 0.6 is 11.8 Å². The molecule has 0 aliphatic heterocycles. The van der Waals surface area contributed by atoms with Crippen LogP contribution in [0.4, 0.5) is 10.1 Å². The molecular formula is C12H16FNO2S. The average molecular weight is 257 g/mol. The molecule has 94 valence electrons. The summed E-state index contributed by atoms with van der Waals surface area (Å²) >= 11 is 1.12. The quantitative estimate of drug-likeness (QED) is 0.368. The topological polar surface area (TPSA) is 52.3 Å². The van der Waals surface area contributed by atoms with Crippen molar-refractivity contribution in [3.05, 3.63) is 24.0 Å². The molecule has 0 saturated carbocycles. The fourth-order valence-corrected chi connectivity index (χ4v) is 1.86. The molecule has 0 heterocycles. The third-order valence-corrected chi connectivity index (χ3v) is 3.08. The van der Waals surface area contributed by atoms with Crippen LogP contribution in [0.5, 0.6) is 0 Å². The van der Waals surface area contributed by atoms with Crippen LogP contribution in [0.15, 0.2) is 23.1 Å². The van der Waals surface area contributed by atoms with Gasteiger partial charge in [0.2, 0.25) is 0 Å². The van der Waals surface area contributed by atoms with E-state index in [2.05, 4.69) is 0 Å². The fourth-order valence-electron chi connectivity index (χ4n) is 1.14. The molecule has 5 heteroatoms. The van der Waals surface area contributed by atoms with Crippen molar-refractivity contribution in [2.75, 3.05) is 18.1 Å². The number of carbonyl (C=O) groups excluding carboxylic acids is 1. The first-order valence-electron chi connectivity index (χ1n) is 5.47. The van der Waals surface area contributed by atoms with Crippen molar-refractivity contribution in [2.24, 2.45) is 0 Å². The van der Waals surface area contributed by atoms with E-state index in [1.807, 2.05) is 6.92 Å². The number of carbonyl (C=O) groups is 1. The Morgan fingerprint density at radius 1 is 1.53 bits per heavy atom. The molecule has 0 atom stereocenters. The van der Waals surface area contributed by atoms with Crippen molar-refractivity contribution in [2.45, 2.75) is 24.7 Å². The third-order valence-electron chi connectivity index (χ3n) is 2.06. The highest BCUT2D eigenvalue weighted by atomic mass is 32.2. The molecule has 0 amide bonds. The van der Waals surface area contributed by atoms with Crippen molar-refractivity contribution >= 4 is 23.4 Å². The van der Waals surface area contributed by atoms with E-state index in [-0.39, 0.29) is 11.7 Å². The summed E-state index contributed by atoms with van der Waals surface area (Å²) in [6.07, 6.45) is 1.83. The normalized spacial score (nSPS) is 10.2. The van der Waals surface area contributed by atoms with E-state index < -0.39 is 5.82 Å². The number of rotatable bonds is 6. The number of nitrogens with two attached hydrogens (primary N) is 1. The fraction of sp³-hybridized carbons (Fsp3) is 0.417. The van der Waals surface area contributed by atoms with Crippen LogP contribution < -0.4 is 5.73 Å². The second kappa shape index (κ2) is 7.17. The molecule has 0 radical (unpaired) electrons. The Kier molecular flexibility index (Phi) is 5.83. The van der Waals surface area contributed by atoms with Gasteiger partial charge in [0, 0.05) is 10.6 Å². The molecule has 3 nitrogen and oxygen atoms in total. The largest absolute Gasteiger partial charge is 0.465 e. The second-order valence-corrected chi connectivity index (χ2v) is 4.57. The Morgan fingerprint density at radius 3 is 2.94 bits per heavy atom. The highest BCUT2D eigenvalue weighted by Crippen LogP contribution is 2.23. The molecule has 2 N–H and O–H groups in total. The van der Waals surface area contributed by atoms with Crippen molar-refractivity contribution < 1.29 is 13.9 Å². The van der Waals surface area contributed by atoms with Gasteiger partial charge in [-0.2, -0.15) is 0 Å². The van der Waals surface area contributed by atoms with E-state index >= 15 is 0 Å². The molecule has 0 bridgehead atoms. The van der Waals surface area contributed by atoms with Crippen LogP contribution in [0, 0.1) is 5.82 Å². The lowest BCUT2D eigenvalue weighted by Crippen LogP contribution is -2.08. The number of halogens is 1. The van der Waals surface area contributed by atoms with E-state index in [9.17, 15) is 9.18 Å². The first kappa shape index (κ1) is 13.8. The van der Waals surface area contributed by atoms with Gasteiger partial charge >= 0.3 is 5.97 Å². The van der Waals surface area contributed by atoms with Gasteiger partial charge in [-0.3, -0.25) is 4.79 Å². The summed E-state index contributed by atoms with van der Waals surface area (Å²) < 4.78 is 18.3. The number of hydrogen-bond donors (Lipinski definition) is 1. The number of esters is 1. The summed E-state index contributed by atoms with van der Waals surface area (Å²) in [5.41, 5.74) is 5.80. The Morgan fingerprint density at radius 2 is 2.29 bits per heavy atom. The zero-order valence-electron chi connectivity index (χ0n) is 9.74. The minimum atomic E-state index is -0.406. The van der Waals surface area contributed by atoms with E-state index in [4.69, 9.17) is 10.5 Å². The number of nitrogen functional groups attached to an aromatic ring is 1. The molecule has 0 unspecified atom stereocenters. The van der Waals surface area contributed by atoms with Gasteiger partial charge in [-0.15, -0.1) is 11.8 Å². The number of hydrogen-bond acceptors (Lipinski definition) is 4. The number of benzene rings is 1. The monoisotopic (exact) mass is 257 g/mol. The molecule has 0 fully saturated rings. The molecule has 1 aromatic rings. The Labute approximate surface area is 105 Å². The number of anilines is 1. The van der Waals surface area contributed by atoms with Gasteiger partial charge in [-0.25, -0.2) is 4.39 Å². The molecule has 0 spiro atoms.